The zero-order chi connectivity index (χ0) is 18.0. The molecule has 0 aliphatic rings. The van der Waals surface area contributed by atoms with Crippen LogP contribution in [0.15, 0.2) is 30.6 Å². The van der Waals surface area contributed by atoms with Crippen LogP contribution in [0.5, 0.6) is 0 Å². The normalized spacial score (nSPS) is 11.1. The average molecular weight is 343 g/mol. The minimum atomic E-state index is -0.336. The molecule has 2 aromatic heterocycles. The molecule has 0 bridgehead atoms. The highest BCUT2D eigenvalue weighted by Crippen LogP contribution is 2.20. The van der Waals surface area contributed by atoms with Gasteiger partial charge >= 0.3 is 0 Å². The molecule has 3 rings (SSSR count). The molecule has 0 amide bonds. The van der Waals surface area contributed by atoms with Crippen molar-refractivity contribution >= 4 is 5.69 Å². The Kier molecular flexibility index (Phi) is 4.85. The van der Waals surface area contributed by atoms with Gasteiger partial charge in [-0.25, -0.2) is 9.07 Å². The van der Waals surface area contributed by atoms with Gasteiger partial charge in [-0.2, -0.15) is 10.2 Å². The first-order chi connectivity index (χ1) is 12.0. The molecule has 7 heteroatoms. The van der Waals surface area contributed by atoms with Gasteiger partial charge in [0.1, 0.15) is 5.69 Å². The number of aliphatic hydroxyl groups excluding tert-OH is 1. The number of aryl methyl sites for hydroxylation is 2. The molecule has 0 aliphatic heterocycles. The number of aliphatic hydroxyl groups is 1. The van der Waals surface area contributed by atoms with Gasteiger partial charge in [-0.3, -0.25) is 4.68 Å². The number of halogens is 1. The fourth-order valence-corrected chi connectivity index (χ4v) is 2.84. The molecule has 2 heterocycles. The summed E-state index contributed by atoms with van der Waals surface area (Å²) in [5.41, 5.74) is 5.06. The Morgan fingerprint density at radius 2 is 2.04 bits per heavy atom. The molecule has 3 aromatic rings. The van der Waals surface area contributed by atoms with Crippen molar-refractivity contribution < 1.29 is 9.50 Å². The lowest BCUT2D eigenvalue weighted by atomic mass is 10.2. The Labute approximate surface area is 145 Å². The molecule has 25 heavy (non-hydrogen) atoms. The van der Waals surface area contributed by atoms with Crippen molar-refractivity contribution in [3.63, 3.8) is 0 Å². The summed E-state index contributed by atoms with van der Waals surface area (Å²) in [5, 5.41) is 20.9. The van der Waals surface area contributed by atoms with Gasteiger partial charge in [0, 0.05) is 29.7 Å². The smallest absolute Gasteiger partial charge is 0.150 e. The van der Waals surface area contributed by atoms with Crippen LogP contribution in [0.2, 0.25) is 0 Å². The quantitative estimate of drug-likeness (QED) is 0.722. The van der Waals surface area contributed by atoms with Gasteiger partial charge in [0.15, 0.2) is 5.82 Å². The third-order valence-electron chi connectivity index (χ3n) is 4.22. The Morgan fingerprint density at radius 1 is 1.24 bits per heavy atom. The second-order valence-electron chi connectivity index (χ2n) is 6.08. The molecule has 0 radical (unpaired) electrons. The maximum Gasteiger partial charge on any atom is 0.150 e. The van der Waals surface area contributed by atoms with Crippen LogP contribution < -0.4 is 5.32 Å². The summed E-state index contributed by atoms with van der Waals surface area (Å²) >= 11 is 0. The first-order valence-corrected chi connectivity index (χ1v) is 8.18. The summed E-state index contributed by atoms with van der Waals surface area (Å²) in [6, 6.07) is 5.01. The maximum absolute atomic E-state index is 14.4. The molecule has 1 aromatic carbocycles. The fraction of sp³-hybridized carbons (Fsp3) is 0.333. The summed E-state index contributed by atoms with van der Waals surface area (Å²) in [6.45, 7) is 6.88. The highest BCUT2D eigenvalue weighted by atomic mass is 19.1. The number of aromatic nitrogens is 4. The van der Waals surface area contributed by atoms with Crippen LogP contribution in [-0.2, 0) is 13.1 Å². The minimum Gasteiger partial charge on any atom is -0.394 e. The van der Waals surface area contributed by atoms with Crippen molar-refractivity contribution in [2.24, 2.45) is 0 Å². The van der Waals surface area contributed by atoms with Crippen LogP contribution in [0.3, 0.4) is 0 Å². The molecule has 2 N–H and O–H groups in total. The van der Waals surface area contributed by atoms with E-state index in [0.717, 1.165) is 22.5 Å². The number of benzene rings is 1. The molecule has 0 saturated carbocycles. The van der Waals surface area contributed by atoms with Crippen molar-refractivity contribution in [3.05, 3.63) is 58.9 Å². The third-order valence-corrected chi connectivity index (χ3v) is 4.22. The van der Waals surface area contributed by atoms with Gasteiger partial charge in [-0.1, -0.05) is 0 Å². The van der Waals surface area contributed by atoms with Crippen LogP contribution in [-0.4, -0.2) is 31.3 Å². The standard InChI is InChI=1S/C18H22FN5O/c1-12-9-21-24(11-12)18-5-4-15(8-17(18)19)20-10-16-13(2)22-23(6-7-25)14(16)3/h4-5,8-9,11,20,25H,6-7,10H2,1-3H3. The fourth-order valence-electron chi connectivity index (χ4n) is 2.84. The van der Waals surface area contributed by atoms with E-state index in [4.69, 9.17) is 5.11 Å². The summed E-state index contributed by atoms with van der Waals surface area (Å²) < 4.78 is 17.7. The lowest BCUT2D eigenvalue weighted by Gasteiger charge is -2.10. The largest absolute Gasteiger partial charge is 0.394 e. The van der Waals surface area contributed by atoms with Crippen LogP contribution in [0, 0.1) is 26.6 Å². The van der Waals surface area contributed by atoms with E-state index in [9.17, 15) is 4.39 Å². The number of anilines is 1. The van der Waals surface area contributed by atoms with Crippen molar-refractivity contribution in [1.29, 1.82) is 0 Å². The zero-order valence-electron chi connectivity index (χ0n) is 14.6. The topological polar surface area (TPSA) is 67.9 Å². The predicted molar refractivity (Wildman–Crippen MR) is 94.4 cm³/mol. The van der Waals surface area contributed by atoms with E-state index in [2.05, 4.69) is 15.5 Å². The predicted octanol–water partition coefficient (Wildman–Crippen LogP) is 2.74. The zero-order valence-corrected chi connectivity index (χ0v) is 14.6. The molecule has 0 saturated heterocycles. The van der Waals surface area contributed by atoms with Crippen molar-refractivity contribution in [3.8, 4) is 5.69 Å². The van der Waals surface area contributed by atoms with E-state index in [1.807, 2.05) is 26.8 Å². The number of hydrogen-bond acceptors (Lipinski definition) is 4. The first kappa shape index (κ1) is 17.2. The lowest BCUT2D eigenvalue weighted by molar-refractivity contribution is 0.268. The minimum absolute atomic E-state index is 0.0500. The molecule has 0 spiro atoms. The molecule has 132 valence electrons. The third kappa shape index (κ3) is 3.56. The molecule has 0 atom stereocenters. The summed E-state index contributed by atoms with van der Waals surface area (Å²) in [4.78, 5) is 0. The summed E-state index contributed by atoms with van der Waals surface area (Å²) in [6.07, 6.45) is 3.48. The number of nitrogens with one attached hydrogen (secondary N) is 1. The highest BCUT2D eigenvalue weighted by Gasteiger charge is 2.12. The van der Waals surface area contributed by atoms with Crippen LogP contribution in [0.4, 0.5) is 10.1 Å². The van der Waals surface area contributed by atoms with Crippen LogP contribution in [0.1, 0.15) is 22.5 Å². The van der Waals surface area contributed by atoms with Gasteiger partial charge < -0.3 is 10.4 Å². The maximum atomic E-state index is 14.4. The molecule has 0 fully saturated rings. The number of hydrogen-bond donors (Lipinski definition) is 2. The molecule has 0 aliphatic carbocycles. The van der Waals surface area contributed by atoms with Crippen LogP contribution in [0.25, 0.3) is 5.69 Å². The highest BCUT2D eigenvalue weighted by molar-refractivity contribution is 5.50. The van der Waals surface area contributed by atoms with Gasteiger partial charge in [0.25, 0.3) is 0 Å². The Bertz CT molecular complexity index is 884. The molecular weight excluding hydrogens is 321 g/mol. The summed E-state index contributed by atoms with van der Waals surface area (Å²) in [7, 11) is 0. The Balaban J connectivity index is 1.75. The van der Waals surface area contributed by atoms with E-state index in [1.165, 1.54) is 10.7 Å². The molecular formula is C18H22FN5O. The second-order valence-corrected chi connectivity index (χ2v) is 6.08. The lowest BCUT2D eigenvalue weighted by Crippen LogP contribution is -2.07. The van der Waals surface area contributed by atoms with Crippen molar-refractivity contribution in [2.45, 2.75) is 33.9 Å². The molecule has 6 nitrogen and oxygen atoms in total. The van der Waals surface area contributed by atoms with Gasteiger partial charge in [-0.05, 0) is 44.5 Å². The Hall–Kier alpha value is -2.67. The van der Waals surface area contributed by atoms with E-state index >= 15 is 0 Å². The number of nitrogens with zero attached hydrogens (tertiary/aromatic N) is 4. The van der Waals surface area contributed by atoms with Gasteiger partial charge in [0.05, 0.1) is 25.0 Å². The van der Waals surface area contributed by atoms with Crippen molar-refractivity contribution in [2.75, 3.05) is 11.9 Å². The summed E-state index contributed by atoms with van der Waals surface area (Å²) in [5.74, 6) is -0.336. The molecule has 0 unspecified atom stereocenters. The number of rotatable bonds is 6. The Morgan fingerprint density at radius 3 is 2.68 bits per heavy atom. The van der Waals surface area contributed by atoms with E-state index in [-0.39, 0.29) is 12.4 Å². The van der Waals surface area contributed by atoms with Gasteiger partial charge in [-0.15, -0.1) is 0 Å². The van der Waals surface area contributed by atoms with Crippen LogP contribution >= 0.6 is 0 Å². The monoisotopic (exact) mass is 343 g/mol. The van der Waals surface area contributed by atoms with Crippen molar-refractivity contribution in [1.82, 2.24) is 19.6 Å². The van der Waals surface area contributed by atoms with E-state index < -0.39 is 0 Å². The second kappa shape index (κ2) is 7.06. The van der Waals surface area contributed by atoms with E-state index in [1.54, 1.807) is 23.1 Å². The first-order valence-electron chi connectivity index (χ1n) is 8.18. The average Bonchev–Trinajstić information content (AvgIpc) is 3.11. The van der Waals surface area contributed by atoms with E-state index in [0.29, 0.717) is 24.5 Å². The SMILES string of the molecule is Cc1cnn(-c2ccc(NCc3c(C)nn(CCO)c3C)cc2F)c1. The van der Waals surface area contributed by atoms with Gasteiger partial charge in [0.2, 0.25) is 0 Å².